The minimum absolute atomic E-state index is 0.562. The highest BCUT2D eigenvalue weighted by Crippen LogP contribution is 2.50. The molecule has 16 bridgehead atoms. The summed E-state index contributed by atoms with van der Waals surface area (Å²) in [6.07, 6.45) is 29.5. The quantitative estimate of drug-likeness (QED) is 0.236. The van der Waals surface area contributed by atoms with Gasteiger partial charge >= 0.3 is 0 Å². The summed E-state index contributed by atoms with van der Waals surface area (Å²) >= 11 is 0. The van der Waals surface area contributed by atoms with Gasteiger partial charge in [-0.1, -0.05) is 96.9 Å². The lowest BCUT2D eigenvalue weighted by molar-refractivity contribution is -0.129. The van der Waals surface area contributed by atoms with Crippen LogP contribution in [0.3, 0.4) is 0 Å². The molecule has 0 spiro atoms. The van der Waals surface area contributed by atoms with Crippen molar-refractivity contribution in [1.82, 2.24) is 14.7 Å². The van der Waals surface area contributed by atoms with E-state index in [0.29, 0.717) is 36.6 Å². The van der Waals surface area contributed by atoms with Crippen LogP contribution < -0.4 is 0 Å². The molecule has 13 heterocycles. The fraction of sp³-hybridized carbons (Fsp3) is 1.00. The smallest absolute Gasteiger partial charge is 0.0718 e. The molecule has 86 heavy (non-hydrogen) atoms. The van der Waals surface area contributed by atoms with Crippen LogP contribution >= 0.6 is 0 Å². The largest absolute Gasteiger partial charge is 0.381 e. The molecule has 19 atom stereocenters. The minimum atomic E-state index is 0.562. The van der Waals surface area contributed by atoms with Crippen molar-refractivity contribution in [3.8, 4) is 0 Å². The lowest BCUT2D eigenvalue weighted by atomic mass is 9.59. The summed E-state index contributed by atoms with van der Waals surface area (Å²) in [6.45, 7) is 47.3. The van der Waals surface area contributed by atoms with Crippen molar-refractivity contribution >= 4 is 0 Å². The molecule has 0 aromatic heterocycles. The Morgan fingerprint density at radius 2 is 0.779 bits per heavy atom. The monoisotopic (exact) mass is 1200 g/mol. The van der Waals surface area contributed by atoms with E-state index in [-0.39, 0.29) is 0 Å². The molecule has 5 saturated carbocycles. The molecule has 9 nitrogen and oxygen atoms in total. The Labute approximate surface area is 531 Å². The van der Waals surface area contributed by atoms with Crippen LogP contribution in [-0.4, -0.2) is 149 Å². The summed E-state index contributed by atoms with van der Waals surface area (Å²) in [5, 5.41) is 0. The predicted molar refractivity (Wildman–Crippen MR) is 357 cm³/mol. The van der Waals surface area contributed by atoms with Gasteiger partial charge in [0.2, 0.25) is 0 Å². The van der Waals surface area contributed by atoms with Crippen LogP contribution in [0.25, 0.3) is 0 Å². The molecule has 18 aliphatic rings. The molecule has 18 fully saturated rings. The molecule has 13 aliphatic heterocycles. The average molecular weight is 1200 g/mol. The van der Waals surface area contributed by atoms with E-state index in [1.807, 2.05) is 0 Å². The normalized spacial score (nSPS) is 43.4. The molecule has 19 unspecified atom stereocenters. The van der Waals surface area contributed by atoms with Crippen molar-refractivity contribution in [2.45, 2.75) is 294 Å². The van der Waals surface area contributed by atoms with Crippen LogP contribution in [0.15, 0.2) is 0 Å². The Morgan fingerprint density at radius 1 is 0.302 bits per heavy atom. The zero-order valence-electron chi connectivity index (χ0n) is 59.5. The van der Waals surface area contributed by atoms with Gasteiger partial charge in [-0.25, -0.2) is 0 Å². The highest BCUT2D eigenvalue weighted by atomic mass is 16.5. The third kappa shape index (κ3) is 17.9. The van der Waals surface area contributed by atoms with Gasteiger partial charge < -0.3 is 38.2 Å². The zero-order valence-corrected chi connectivity index (χ0v) is 59.5. The highest BCUT2D eigenvalue weighted by molar-refractivity contribution is 4.99. The summed E-state index contributed by atoms with van der Waals surface area (Å²) in [6, 6.07) is 4.24. The summed E-state index contributed by atoms with van der Waals surface area (Å²) in [5.41, 5.74) is 0. The number of likely N-dealkylation sites (tertiary alicyclic amines) is 2. The van der Waals surface area contributed by atoms with Crippen molar-refractivity contribution in [3.63, 3.8) is 0 Å². The number of morpholine rings is 1. The lowest BCUT2D eigenvalue weighted by Crippen LogP contribution is -2.49. The number of nitrogens with zero attached hydrogens (tertiary/aromatic N) is 3. The Bertz CT molecular complexity index is 1850. The van der Waals surface area contributed by atoms with Gasteiger partial charge in [0.25, 0.3) is 0 Å². The van der Waals surface area contributed by atoms with Crippen LogP contribution in [0.4, 0.5) is 0 Å². The number of hydrogen-bond donors (Lipinski definition) is 0. The van der Waals surface area contributed by atoms with E-state index in [2.05, 4.69) is 140 Å². The molecule has 0 N–H and O–H groups in total. The van der Waals surface area contributed by atoms with E-state index in [1.165, 1.54) is 135 Å². The first-order valence-electron chi connectivity index (χ1n) is 37.8. The van der Waals surface area contributed by atoms with Crippen molar-refractivity contribution in [1.29, 1.82) is 0 Å². The number of hydrogen-bond acceptors (Lipinski definition) is 9. The second-order valence-corrected chi connectivity index (χ2v) is 34.9. The van der Waals surface area contributed by atoms with Crippen LogP contribution in [0.1, 0.15) is 233 Å². The molecule has 13 saturated heterocycles. The van der Waals surface area contributed by atoms with Gasteiger partial charge in [0, 0.05) is 69.7 Å². The Kier molecular flexibility index (Phi) is 26.2. The van der Waals surface area contributed by atoms with Gasteiger partial charge in [-0.05, 0) is 274 Å². The Morgan fingerprint density at radius 3 is 1.12 bits per heavy atom. The Hall–Kier alpha value is -0.360. The lowest BCUT2D eigenvalue weighted by Gasteiger charge is -2.51. The standard InChI is InChI=1S/C11H21N.C10H19N.3C10H18O.2C9H16O.C8H15NO/c1-8(2)9-6-10-4-5-11(7-9)12(10)3;1-7(2)10-5-9-4-8(10)6-11(9)3;1-7(2)8-5-9-3-4-10(6-8)11-9;1-7(2)10-5-9-4-3-8(10)6-11-9;1-7(2)10-8-3-4-9(10)6-11-5-8;1-6(2)9-4-8-3-7(9)5-10-8;1-6(2)9-7-3-8(9)5-10-4-7;1-6(2)9-4-8-3-7(9)5-10-8/h8-11H,4-7H2,1-3H3;7-10H,4-6H2,1-3H3;3*7-10H,3-6H2,1-2H3;2*6-9H,3-5H2,1-2H3;6-8H,3-5H2,1-2H3. The van der Waals surface area contributed by atoms with E-state index in [4.69, 9.17) is 28.4 Å². The molecule has 0 radical (unpaired) electrons. The molecule has 500 valence electrons. The summed E-state index contributed by atoms with van der Waals surface area (Å²) in [5.74, 6) is 19.5. The minimum Gasteiger partial charge on any atom is -0.381 e. The first-order chi connectivity index (χ1) is 41.0. The number of piperidine rings is 2. The zero-order chi connectivity index (χ0) is 61.7. The van der Waals surface area contributed by atoms with Crippen LogP contribution in [-0.2, 0) is 28.4 Å². The number of rotatable bonds is 8. The Balaban J connectivity index is 0.000000117. The van der Waals surface area contributed by atoms with Gasteiger partial charge in [-0.2, -0.15) is 0 Å². The van der Waals surface area contributed by atoms with Gasteiger partial charge in [-0.15, -0.1) is 0 Å². The molecular formula is C77H141N3O6. The van der Waals surface area contributed by atoms with Gasteiger partial charge in [0.1, 0.15) is 0 Å². The maximum Gasteiger partial charge on any atom is 0.0718 e. The van der Waals surface area contributed by atoms with Gasteiger partial charge in [0.05, 0.1) is 50.3 Å². The van der Waals surface area contributed by atoms with E-state index in [0.717, 1.165) is 195 Å². The first kappa shape index (κ1) is 70.0. The number of fused-ring (bicyclic) bond motifs is 17. The topological polar surface area (TPSA) is 65.1 Å². The van der Waals surface area contributed by atoms with Crippen molar-refractivity contribution in [2.24, 2.45) is 124 Å². The predicted octanol–water partition coefficient (Wildman–Crippen LogP) is 16.7. The van der Waals surface area contributed by atoms with E-state index < -0.39 is 0 Å². The van der Waals surface area contributed by atoms with Crippen molar-refractivity contribution < 1.29 is 28.4 Å². The van der Waals surface area contributed by atoms with Crippen LogP contribution in [0, 0.1) is 124 Å². The maximum absolute atomic E-state index is 5.78. The molecule has 0 aromatic rings. The van der Waals surface area contributed by atoms with E-state index >= 15 is 0 Å². The fourth-order valence-electron chi connectivity index (χ4n) is 21.5. The highest BCUT2D eigenvalue weighted by Gasteiger charge is 2.48. The first-order valence-corrected chi connectivity index (χ1v) is 37.8. The molecule has 18 rings (SSSR count). The van der Waals surface area contributed by atoms with Crippen LogP contribution in [0.5, 0.6) is 0 Å². The molecule has 9 heteroatoms. The maximum atomic E-state index is 5.78. The summed E-state index contributed by atoms with van der Waals surface area (Å²) in [4.78, 5) is 7.72. The van der Waals surface area contributed by atoms with Crippen molar-refractivity contribution in [2.75, 3.05) is 73.4 Å². The van der Waals surface area contributed by atoms with Crippen LogP contribution in [0.2, 0.25) is 0 Å². The summed E-state index contributed by atoms with van der Waals surface area (Å²) in [7, 11) is 4.60. The molecule has 5 aliphatic carbocycles. The molecule has 0 amide bonds. The molecule has 0 aromatic carbocycles. The van der Waals surface area contributed by atoms with E-state index in [1.54, 1.807) is 0 Å². The average Bonchev–Trinajstić information content (AvgIpc) is 3.48. The number of ether oxygens (including phenoxy) is 6. The third-order valence-electron chi connectivity index (χ3n) is 26.7. The van der Waals surface area contributed by atoms with E-state index in [9.17, 15) is 0 Å². The third-order valence-corrected chi connectivity index (χ3v) is 26.7. The molecular weight excluding hydrogens is 1060 g/mol. The van der Waals surface area contributed by atoms with Gasteiger partial charge in [0.15, 0.2) is 0 Å². The van der Waals surface area contributed by atoms with Crippen molar-refractivity contribution in [3.05, 3.63) is 0 Å². The second-order valence-electron chi connectivity index (χ2n) is 34.9. The SMILES string of the molecule is CC(C)C1C2CCC1COC2.CC(C)C1C2COCC1C2.CC(C)C1CC2CC1CN2C.CC(C)C1CC2CC1CO2.CC(C)C1CC2CCC(C1)N2C.CC(C)C1CC2CCC(C1)O2.CC(C)C1CC2CCC1CO2.CC(C)N1CC2CC1CO2. The fourth-order valence-corrected chi connectivity index (χ4v) is 21.5. The summed E-state index contributed by atoms with van der Waals surface area (Å²) < 4.78 is 33.4. The second kappa shape index (κ2) is 32.2. The van der Waals surface area contributed by atoms with Gasteiger partial charge in [-0.3, -0.25) is 4.90 Å².